The first kappa shape index (κ1) is 43.5. The Labute approximate surface area is 322 Å². The molecule has 2 fully saturated rings. The third kappa shape index (κ3) is 14.1. The van der Waals surface area contributed by atoms with Gasteiger partial charge in [-0.05, 0) is 76.4 Å². The summed E-state index contributed by atoms with van der Waals surface area (Å²) < 4.78 is 15.3. The number of carbonyl (C=O) groups is 5. The Balaban J connectivity index is 0.000000305. The average Bonchev–Trinajstić information content (AvgIpc) is 3.17. The van der Waals surface area contributed by atoms with Crippen molar-refractivity contribution in [2.24, 2.45) is 5.73 Å². The molecule has 4 rings (SSSR count). The van der Waals surface area contributed by atoms with Crippen LogP contribution in [0.15, 0.2) is 48.5 Å². The van der Waals surface area contributed by atoms with E-state index in [1.807, 2.05) is 6.07 Å². The number of nitrogens with zero attached hydrogens (tertiary/aromatic N) is 6. The van der Waals surface area contributed by atoms with E-state index in [9.17, 15) is 24.0 Å². The highest BCUT2D eigenvalue weighted by Crippen LogP contribution is 2.14. The van der Waals surface area contributed by atoms with Crippen molar-refractivity contribution in [1.29, 1.82) is 10.5 Å². The Kier molecular flexibility index (Phi) is 16.7. The van der Waals surface area contributed by atoms with Crippen LogP contribution in [0.5, 0.6) is 0 Å². The van der Waals surface area contributed by atoms with Crippen molar-refractivity contribution in [2.45, 2.75) is 65.1 Å². The molecule has 296 valence electrons. The fraction of sp³-hybridized carbons (Fsp3) is 0.513. The molecule has 2 heterocycles. The first-order valence-electron chi connectivity index (χ1n) is 18.3. The largest absolute Gasteiger partial charge is 0.450 e. The molecule has 2 aromatic carbocycles. The smallest absolute Gasteiger partial charge is 0.409 e. The second-order valence-corrected chi connectivity index (χ2v) is 13.9. The van der Waals surface area contributed by atoms with E-state index in [0.717, 1.165) is 11.1 Å². The fourth-order valence-electron chi connectivity index (χ4n) is 5.87. The Morgan fingerprint density at radius 3 is 1.55 bits per heavy atom. The molecule has 2 aliphatic heterocycles. The number of benzene rings is 2. The molecule has 0 bridgehead atoms. The van der Waals surface area contributed by atoms with Crippen LogP contribution in [-0.4, -0.2) is 133 Å². The Morgan fingerprint density at radius 2 is 1.13 bits per heavy atom. The van der Waals surface area contributed by atoms with E-state index in [0.29, 0.717) is 83.1 Å². The van der Waals surface area contributed by atoms with Gasteiger partial charge in [-0.3, -0.25) is 9.59 Å². The van der Waals surface area contributed by atoms with E-state index in [4.69, 9.17) is 30.5 Å². The summed E-state index contributed by atoms with van der Waals surface area (Å²) in [6.45, 7) is 12.5. The number of alkyl carbamates (subject to hydrolysis) is 1. The molecule has 0 aliphatic carbocycles. The standard InChI is InChI=1S/C22H30N4O5.C17H22N4O3/c1-5-30-21(29)26-11-9-25(10-12-26)19(27)18(24-20(28)31-22(2,3)4)14-16-7-6-8-17(13-16)15-23;1-2-24-17(23)21-8-6-20(7-9-21)16(22)15(19)11-13-4-3-5-14(10-13)12-18/h6-8,13,18H,5,9-12,14H2,1-4H3,(H,24,28);3-5,10,15H,2,6-9,11,19H2,1H3/t18-;15-/m00/s1. The summed E-state index contributed by atoms with van der Waals surface area (Å²) in [4.78, 5) is 68.0. The summed E-state index contributed by atoms with van der Waals surface area (Å²) in [5, 5.41) is 20.7. The van der Waals surface area contributed by atoms with E-state index in [1.54, 1.807) is 96.7 Å². The van der Waals surface area contributed by atoms with Crippen LogP contribution in [0.1, 0.15) is 56.9 Å². The summed E-state index contributed by atoms with van der Waals surface area (Å²) in [5.41, 5.74) is 7.97. The molecule has 0 radical (unpaired) electrons. The van der Waals surface area contributed by atoms with E-state index >= 15 is 0 Å². The van der Waals surface area contributed by atoms with Crippen molar-refractivity contribution in [3.05, 3.63) is 70.8 Å². The number of nitrogens with one attached hydrogen (secondary N) is 1. The van der Waals surface area contributed by atoms with Gasteiger partial charge in [0.2, 0.25) is 11.8 Å². The van der Waals surface area contributed by atoms with Gasteiger partial charge in [0, 0.05) is 58.8 Å². The van der Waals surface area contributed by atoms with Gasteiger partial charge in [0.1, 0.15) is 11.6 Å². The number of nitriles is 2. The number of carbonyl (C=O) groups excluding carboxylic acids is 5. The molecule has 0 saturated carbocycles. The maximum Gasteiger partial charge on any atom is 0.409 e. The average molecular weight is 761 g/mol. The number of nitrogens with two attached hydrogens (primary N) is 1. The molecule has 2 atom stereocenters. The summed E-state index contributed by atoms with van der Waals surface area (Å²) in [6.07, 6.45) is -0.834. The molecule has 5 amide bonds. The molecule has 55 heavy (non-hydrogen) atoms. The highest BCUT2D eigenvalue weighted by Gasteiger charge is 2.32. The fourth-order valence-corrected chi connectivity index (χ4v) is 5.87. The van der Waals surface area contributed by atoms with Crippen molar-refractivity contribution in [1.82, 2.24) is 24.9 Å². The lowest BCUT2D eigenvalue weighted by molar-refractivity contribution is -0.135. The van der Waals surface area contributed by atoms with Crippen LogP contribution in [0.2, 0.25) is 0 Å². The summed E-state index contributed by atoms with van der Waals surface area (Å²) in [5.74, 6) is -0.405. The van der Waals surface area contributed by atoms with Gasteiger partial charge >= 0.3 is 18.3 Å². The summed E-state index contributed by atoms with van der Waals surface area (Å²) in [6, 6.07) is 16.6. The van der Waals surface area contributed by atoms with E-state index in [1.165, 1.54) is 0 Å². The normalized spacial score (nSPS) is 15.2. The van der Waals surface area contributed by atoms with Crippen LogP contribution in [0.4, 0.5) is 14.4 Å². The number of ether oxygens (including phenoxy) is 3. The highest BCUT2D eigenvalue weighted by molar-refractivity contribution is 5.86. The first-order chi connectivity index (χ1) is 26.2. The number of piperazine rings is 2. The molecule has 0 spiro atoms. The maximum absolute atomic E-state index is 13.2. The van der Waals surface area contributed by atoms with Crippen LogP contribution < -0.4 is 11.1 Å². The molecule has 2 aliphatic rings. The second kappa shape index (κ2) is 21.1. The van der Waals surface area contributed by atoms with Gasteiger partial charge in [-0.15, -0.1) is 0 Å². The molecule has 0 unspecified atom stereocenters. The predicted molar refractivity (Wildman–Crippen MR) is 201 cm³/mol. The highest BCUT2D eigenvalue weighted by atomic mass is 16.6. The predicted octanol–water partition coefficient (Wildman–Crippen LogP) is 3.02. The minimum atomic E-state index is -0.863. The van der Waals surface area contributed by atoms with Crippen molar-refractivity contribution in [2.75, 3.05) is 65.6 Å². The van der Waals surface area contributed by atoms with Crippen molar-refractivity contribution < 1.29 is 38.2 Å². The van der Waals surface area contributed by atoms with Crippen molar-refractivity contribution in [3.8, 4) is 12.1 Å². The topological polar surface area (TPSA) is 212 Å². The lowest BCUT2D eigenvalue weighted by atomic mass is 10.0. The Hall–Kier alpha value is -5.87. The number of hydrogen-bond donors (Lipinski definition) is 2. The van der Waals surface area contributed by atoms with E-state index < -0.39 is 29.9 Å². The lowest BCUT2D eigenvalue weighted by Crippen LogP contribution is -2.56. The molecule has 0 aromatic heterocycles. The van der Waals surface area contributed by atoms with Gasteiger partial charge in [-0.1, -0.05) is 24.3 Å². The van der Waals surface area contributed by atoms with Crippen molar-refractivity contribution in [3.63, 3.8) is 0 Å². The van der Waals surface area contributed by atoms with Crippen LogP contribution >= 0.6 is 0 Å². The molecule has 16 heteroatoms. The molecular weight excluding hydrogens is 708 g/mol. The number of amides is 5. The van der Waals surface area contributed by atoms with E-state index in [-0.39, 0.29) is 24.3 Å². The third-order valence-corrected chi connectivity index (χ3v) is 8.55. The van der Waals surface area contributed by atoms with Gasteiger partial charge in [0.05, 0.1) is 42.5 Å². The van der Waals surface area contributed by atoms with Gasteiger partial charge < -0.3 is 44.9 Å². The van der Waals surface area contributed by atoms with Gasteiger partial charge in [-0.2, -0.15) is 10.5 Å². The zero-order chi connectivity index (χ0) is 40.5. The first-order valence-corrected chi connectivity index (χ1v) is 18.3. The van der Waals surface area contributed by atoms with Crippen LogP contribution in [0.25, 0.3) is 0 Å². The molecule has 2 aromatic rings. The quantitative estimate of drug-likeness (QED) is 0.355. The number of rotatable bonds is 9. The van der Waals surface area contributed by atoms with Crippen LogP contribution in [-0.2, 0) is 36.6 Å². The minimum absolute atomic E-state index is 0.138. The SMILES string of the molecule is CCOC(=O)N1CCN(C(=O)[C@@H](N)Cc2cccc(C#N)c2)CC1.CCOC(=O)N1CCN(C(=O)[C@H](Cc2cccc(C#N)c2)NC(=O)OC(C)(C)C)CC1. The summed E-state index contributed by atoms with van der Waals surface area (Å²) in [7, 11) is 0. The molecule has 16 nitrogen and oxygen atoms in total. The van der Waals surface area contributed by atoms with E-state index in [2.05, 4.69) is 17.5 Å². The van der Waals surface area contributed by atoms with Crippen molar-refractivity contribution >= 4 is 30.1 Å². The monoisotopic (exact) mass is 760 g/mol. The third-order valence-electron chi connectivity index (χ3n) is 8.55. The zero-order valence-electron chi connectivity index (χ0n) is 32.3. The van der Waals surface area contributed by atoms with Gasteiger partial charge in [0.15, 0.2) is 0 Å². The van der Waals surface area contributed by atoms with Crippen LogP contribution in [0.3, 0.4) is 0 Å². The maximum atomic E-state index is 13.2. The zero-order valence-corrected chi connectivity index (χ0v) is 32.3. The Morgan fingerprint density at radius 1 is 0.709 bits per heavy atom. The minimum Gasteiger partial charge on any atom is -0.450 e. The molecule has 2 saturated heterocycles. The Bertz CT molecular complexity index is 1720. The van der Waals surface area contributed by atoms with Gasteiger partial charge in [-0.25, -0.2) is 14.4 Å². The summed E-state index contributed by atoms with van der Waals surface area (Å²) >= 11 is 0. The number of hydrogen-bond acceptors (Lipinski definition) is 11. The van der Waals surface area contributed by atoms with Gasteiger partial charge in [0.25, 0.3) is 0 Å². The second-order valence-electron chi connectivity index (χ2n) is 13.9. The van der Waals surface area contributed by atoms with Crippen LogP contribution in [0, 0.1) is 22.7 Å². The molecule has 3 N–H and O–H groups in total. The molecular formula is C39H52N8O8. The lowest BCUT2D eigenvalue weighted by Gasteiger charge is -2.36.